The van der Waals surface area contributed by atoms with Gasteiger partial charge in [-0.2, -0.15) is 0 Å². The van der Waals surface area contributed by atoms with Crippen LogP contribution < -0.4 is 9.80 Å². The van der Waals surface area contributed by atoms with E-state index in [-0.39, 0.29) is 16.5 Å². The van der Waals surface area contributed by atoms with Crippen LogP contribution in [0.4, 0.5) is 17.1 Å². The molecule has 1 amide bonds. The fourth-order valence-corrected chi connectivity index (χ4v) is 4.32. The summed E-state index contributed by atoms with van der Waals surface area (Å²) in [5.74, 6) is -0.167. The molecular weight excluding hydrogens is 392 g/mol. The molecule has 0 radical (unpaired) electrons. The number of nitro benzene ring substituents is 1. The third-order valence-corrected chi connectivity index (χ3v) is 5.95. The van der Waals surface area contributed by atoms with Gasteiger partial charge in [0.25, 0.3) is 11.6 Å². The second kappa shape index (κ2) is 8.29. The van der Waals surface area contributed by atoms with Gasteiger partial charge in [-0.1, -0.05) is 23.7 Å². The fraction of sp³-hybridized carbons (Fsp3) is 0.381. The minimum atomic E-state index is -0.389. The van der Waals surface area contributed by atoms with E-state index < -0.39 is 0 Å². The van der Waals surface area contributed by atoms with Crippen molar-refractivity contribution in [2.45, 2.75) is 12.8 Å². The highest BCUT2D eigenvalue weighted by Gasteiger charge is 2.27. The molecule has 2 aromatic rings. The predicted octanol–water partition coefficient (Wildman–Crippen LogP) is 3.81. The Morgan fingerprint density at radius 2 is 1.55 bits per heavy atom. The van der Waals surface area contributed by atoms with Gasteiger partial charge in [0.1, 0.15) is 5.69 Å². The van der Waals surface area contributed by atoms with Gasteiger partial charge in [-0.15, -0.1) is 0 Å². The van der Waals surface area contributed by atoms with Gasteiger partial charge in [0.2, 0.25) is 0 Å². The standard InChI is InChI=1S/C21H23ClN4O3/c22-17-5-1-2-6-18(17)24-11-13-25(14-12-24)21(27)16-7-8-19(20(15-16)26(28)29)23-9-3-4-10-23/h1-2,5-8,15H,3-4,9-14H2. The van der Waals surface area contributed by atoms with Crippen molar-refractivity contribution in [3.63, 3.8) is 0 Å². The summed E-state index contributed by atoms with van der Waals surface area (Å²) in [4.78, 5) is 30.1. The molecule has 0 bridgehead atoms. The Bertz CT molecular complexity index is 922. The summed E-state index contributed by atoms with van der Waals surface area (Å²) < 4.78 is 0. The smallest absolute Gasteiger partial charge is 0.293 e. The lowest BCUT2D eigenvalue weighted by Crippen LogP contribution is -2.48. The van der Waals surface area contributed by atoms with Gasteiger partial charge in [0.05, 0.1) is 15.6 Å². The van der Waals surface area contributed by atoms with E-state index in [1.165, 1.54) is 6.07 Å². The number of halogens is 1. The fourth-order valence-electron chi connectivity index (χ4n) is 4.07. The zero-order valence-electron chi connectivity index (χ0n) is 16.1. The highest BCUT2D eigenvalue weighted by Crippen LogP contribution is 2.32. The lowest BCUT2D eigenvalue weighted by molar-refractivity contribution is -0.384. The van der Waals surface area contributed by atoms with E-state index in [0.717, 1.165) is 31.6 Å². The van der Waals surface area contributed by atoms with Crippen molar-refractivity contribution in [3.8, 4) is 0 Å². The second-order valence-electron chi connectivity index (χ2n) is 7.39. The van der Waals surface area contributed by atoms with Gasteiger partial charge < -0.3 is 14.7 Å². The molecule has 0 unspecified atom stereocenters. The molecule has 0 aliphatic carbocycles. The maximum absolute atomic E-state index is 13.0. The number of anilines is 2. The van der Waals surface area contributed by atoms with Crippen molar-refractivity contribution in [2.75, 3.05) is 49.1 Å². The summed E-state index contributed by atoms with van der Waals surface area (Å²) in [6, 6.07) is 12.5. The van der Waals surface area contributed by atoms with Crippen LogP contribution in [-0.4, -0.2) is 55.0 Å². The summed E-state index contributed by atoms with van der Waals surface area (Å²) in [6.07, 6.45) is 2.07. The molecule has 2 aliphatic rings. The number of rotatable bonds is 4. The van der Waals surface area contributed by atoms with Crippen LogP contribution in [0.1, 0.15) is 23.2 Å². The number of para-hydroxylation sites is 1. The van der Waals surface area contributed by atoms with Gasteiger partial charge in [-0.3, -0.25) is 14.9 Å². The van der Waals surface area contributed by atoms with Gasteiger partial charge in [-0.05, 0) is 37.1 Å². The molecule has 2 saturated heterocycles. The molecule has 0 spiro atoms. The lowest BCUT2D eigenvalue weighted by atomic mass is 10.1. The van der Waals surface area contributed by atoms with E-state index in [1.807, 2.05) is 29.2 Å². The van der Waals surface area contributed by atoms with Crippen LogP contribution in [0.2, 0.25) is 5.02 Å². The van der Waals surface area contributed by atoms with Crippen LogP contribution in [-0.2, 0) is 0 Å². The molecule has 152 valence electrons. The number of nitro groups is 1. The van der Waals surface area contributed by atoms with Crippen molar-refractivity contribution < 1.29 is 9.72 Å². The molecule has 7 nitrogen and oxygen atoms in total. The van der Waals surface area contributed by atoms with Crippen molar-refractivity contribution in [3.05, 3.63) is 63.2 Å². The number of nitrogens with zero attached hydrogens (tertiary/aromatic N) is 4. The summed E-state index contributed by atoms with van der Waals surface area (Å²) in [5, 5.41) is 12.3. The van der Waals surface area contributed by atoms with E-state index in [0.29, 0.717) is 42.5 Å². The zero-order valence-corrected chi connectivity index (χ0v) is 16.8. The van der Waals surface area contributed by atoms with Gasteiger partial charge in [0.15, 0.2) is 0 Å². The number of carbonyl (C=O) groups is 1. The number of benzene rings is 2. The molecule has 2 heterocycles. The molecular formula is C21H23ClN4O3. The van der Waals surface area contributed by atoms with Crippen molar-refractivity contribution >= 4 is 34.6 Å². The molecule has 4 rings (SSSR count). The summed E-state index contributed by atoms with van der Waals surface area (Å²) in [7, 11) is 0. The molecule has 2 aromatic carbocycles. The van der Waals surface area contributed by atoms with Gasteiger partial charge >= 0.3 is 0 Å². The van der Waals surface area contributed by atoms with Crippen molar-refractivity contribution in [2.24, 2.45) is 0 Å². The Hall–Kier alpha value is -2.80. The number of carbonyl (C=O) groups excluding carboxylic acids is 1. The average Bonchev–Trinajstić information content (AvgIpc) is 3.28. The van der Waals surface area contributed by atoms with Crippen LogP contribution in [0, 0.1) is 10.1 Å². The SMILES string of the molecule is O=C(c1ccc(N2CCCC2)c([N+](=O)[O-])c1)N1CCN(c2ccccc2Cl)CC1. The van der Waals surface area contributed by atoms with Crippen LogP contribution in [0.15, 0.2) is 42.5 Å². The molecule has 29 heavy (non-hydrogen) atoms. The minimum absolute atomic E-state index is 0.00690. The maximum atomic E-state index is 13.0. The average molecular weight is 415 g/mol. The molecule has 2 fully saturated rings. The van der Waals surface area contributed by atoms with E-state index in [4.69, 9.17) is 11.6 Å². The Morgan fingerprint density at radius 1 is 0.897 bits per heavy atom. The monoisotopic (exact) mass is 414 g/mol. The third-order valence-electron chi connectivity index (χ3n) is 5.63. The van der Waals surface area contributed by atoms with E-state index >= 15 is 0 Å². The van der Waals surface area contributed by atoms with Crippen molar-refractivity contribution in [1.29, 1.82) is 0 Å². The zero-order chi connectivity index (χ0) is 20.4. The third kappa shape index (κ3) is 4.00. The predicted molar refractivity (Wildman–Crippen MR) is 114 cm³/mol. The Morgan fingerprint density at radius 3 is 2.21 bits per heavy atom. The Balaban J connectivity index is 1.48. The summed E-state index contributed by atoms with van der Waals surface area (Å²) in [5.41, 5.74) is 1.94. The van der Waals surface area contributed by atoms with E-state index in [9.17, 15) is 14.9 Å². The van der Waals surface area contributed by atoms with Gasteiger partial charge in [0, 0.05) is 50.9 Å². The van der Waals surface area contributed by atoms with Crippen LogP contribution in [0.25, 0.3) is 0 Å². The molecule has 0 saturated carbocycles. The Labute approximate surface area is 174 Å². The first kappa shape index (κ1) is 19.5. The van der Waals surface area contributed by atoms with Gasteiger partial charge in [-0.25, -0.2) is 0 Å². The molecule has 0 atom stereocenters. The first-order valence-electron chi connectivity index (χ1n) is 9.87. The summed E-state index contributed by atoms with van der Waals surface area (Å²) in [6.45, 7) is 4.07. The van der Waals surface area contributed by atoms with E-state index in [2.05, 4.69) is 4.90 Å². The molecule has 0 aromatic heterocycles. The van der Waals surface area contributed by atoms with Crippen LogP contribution >= 0.6 is 11.6 Å². The first-order chi connectivity index (χ1) is 14.0. The summed E-state index contributed by atoms with van der Waals surface area (Å²) >= 11 is 6.28. The maximum Gasteiger partial charge on any atom is 0.293 e. The van der Waals surface area contributed by atoms with Crippen LogP contribution in [0.5, 0.6) is 0 Å². The number of piperazine rings is 1. The quantitative estimate of drug-likeness (QED) is 0.562. The first-order valence-corrected chi connectivity index (χ1v) is 10.2. The normalized spacial score (nSPS) is 16.9. The molecule has 0 N–H and O–H groups in total. The minimum Gasteiger partial charge on any atom is -0.367 e. The second-order valence-corrected chi connectivity index (χ2v) is 7.79. The van der Waals surface area contributed by atoms with E-state index in [1.54, 1.807) is 17.0 Å². The number of hydrogen-bond acceptors (Lipinski definition) is 5. The van der Waals surface area contributed by atoms with Crippen LogP contribution in [0.3, 0.4) is 0 Å². The number of hydrogen-bond donors (Lipinski definition) is 0. The largest absolute Gasteiger partial charge is 0.367 e. The Kier molecular flexibility index (Phi) is 5.58. The number of amides is 1. The highest BCUT2D eigenvalue weighted by molar-refractivity contribution is 6.33. The topological polar surface area (TPSA) is 69.9 Å². The lowest BCUT2D eigenvalue weighted by Gasteiger charge is -2.36. The molecule has 8 heteroatoms. The molecule has 2 aliphatic heterocycles. The van der Waals surface area contributed by atoms with Crippen molar-refractivity contribution in [1.82, 2.24) is 4.90 Å². The highest BCUT2D eigenvalue weighted by atomic mass is 35.5.